The first-order valence-corrected chi connectivity index (χ1v) is 19.9. The number of esters is 1. The predicted molar refractivity (Wildman–Crippen MR) is 186 cm³/mol. The molecule has 0 aromatic heterocycles. The van der Waals surface area contributed by atoms with Crippen LogP contribution in [0.5, 0.6) is 0 Å². The molecule has 18 heteroatoms. The van der Waals surface area contributed by atoms with Crippen LogP contribution in [0.3, 0.4) is 0 Å². The van der Waals surface area contributed by atoms with Crippen molar-refractivity contribution in [3.63, 3.8) is 0 Å². The average molecular weight is 805 g/mol. The number of aliphatic hydroxyl groups is 11. The molecule has 0 aromatic rings. The Kier molecular flexibility index (Phi) is 11.9. The molecule has 0 radical (unpaired) electrons. The Hall–Kier alpha value is -1.43. The van der Waals surface area contributed by atoms with Crippen molar-refractivity contribution < 1.29 is 89.4 Å². The van der Waals surface area contributed by atoms with Crippen LogP contribution in [0.15, 0.2) is 12.2 Å². The van der Waals surface area contributed by atoms with Gasteiger partial charge in [0.1, 0.15) is 73.2 Å². The fourth-order valence-corrected chi connectivity index (χ4v) is 12.0. The van der Waals surface area contributed by atoms with Gasteiger partial charge in [-0.2, -0.15) is 0 Å². The molecule has 4 aliphatic carbocycles. The Morgan fingerprint density at radius 3 is 1.82 bits per heavy atom. The summed E-state index contributed by atoms with van der Waals surface area (Å²) < 4.78 is 35.6. The zero-order valence-corrected chi connectivity index (χ0v) is 31.8. The maximum Gasteiger partial charge on any atom is 0.314 e. The molecular formula is C38H60O18. The van der Waals surface area contributed by atoms with E-state index in [4.69, 9.17) is 28.4 Å². The predicted octanol–water partition coefficient (Wildman–Crippen LogP) is -2.94. The monoisotopic (exact) mass is 804 g/mol. The van der Waals surface area contributed by atoms with E-state index in [1.165, 1.54) is 0 Å². The minimum absolute atomic E-state index is 0.121. The van der Waals surface area contributed by atoms with E-state index < -0.39 is 129 Å². The van der Waals surface area contributed by atoms with E-state index in [1.807, 2.05) is 6.92 Å². The summed E-state index contributed by atoms with van der Waals surface area (Å²) in [6.45, 7) is 6.52. The highest BCUT2D eigenvalue weighted by Crippen LogP contribution is 2.73. The Morgan fingerprint density at radius 1 is 0.679 bits per heavy atom. The molecule has 3 saturated heterocycles. The van der Waals surface area contributed by atoms with Gasteiger partial charge in [0.05, 0.1) is 30.8 Å². The van der Waals surface area contributed by atoms with Gasteiger partial charge in [0.2, 0.25) is 6.29 Å². The zero-order chi connectivity index (χ0) is 40.7. The van der Waals surface area contributed by atoms with Crippen LogP contribution in [0.1, 0.15) is 71.6 Å². The van der Waals surface area contributed by atoms with Crippen LogP contribution in [0.2, 0.25) is 0 Å². The Bertz CT molecular complexity index is 1450. The molecule has 3 heterocycles. The van der Waals surface area contributed by atoms with Crippen LogP contribution in [-0.2, 0) is 33.2 Å². The summed E-state index contributed by atoms with van der Waals surface area (Å²) in [5.74, 6) is -0.591. The summed E-state index contributed by atoms with van der Waals surface area (Å²) in [4.78, 5) is 14.1. The summed E-state index contributed by atoms with van der Waals surface area (Å²) in [6, 6.07) is 0. The van der Waals surface area contributed by atoms with Crippen LogP contribution >= 0.6 is 0 Å². The van der Waals surface area contributed by atoms with Crippen LogP contribution in [-0.4, -0.2) is 180 Å². The first-order valence-electron chi connectivity index (χ1n) is 19.9. The minimum atomic E-state index is -1.81. The molecule has 7 rings (SSSR count). The Morgan fingerprint density at radius 2 is 1.21 bits per heavy atom. The number of ether oxygens (including phenoxy) is 6. The van der Waals surface area contributed by atoms with Gasteiger partial charge >= 0.3 is 5.97 Å². The lowest BCUT2D eigenvalue weighted by Gasteiger charge is -2.64. The topological polar surface area (TPSA) is 295 Å². The largest absolute Gasteiger partial charge is 0.432 e. The van der Waals surface area contributed by atoms with Crippen molar-refractivity contribution in [2.24, 2.45) is 28.1 Å². The number of carbonyl (C=O) groups excluding carboxylic acids is 1. The molecule has 0 amide bonds. The van der Waals surface area contributed by atoms with Crippen molar-refractivity contribution in [2.45, 2.75) is 169 Å². The fourth-order valence-electron chi connectivity index (χ4n) is 12.0. The molecule has 18 nitrogen and oxygen atoms in total. The second-order valence-electron chi connectivity index (χ2n) is 18.0. The number of aliphatic hydroxyl groups excluding tert-OH is 11. The molecule has 0 aromatic carbocycles. The minimum Gasteiger partial charge on any atom is -0.432 e. The van der Waals surface area contributed by atoms with Crippen molar-refractivity contribution in [3.8, 4) is 0 Å². The number of fused-ring (bicyclic) bond motifs is 3. The Labute approximate surface area is 324 Å². The lowest BCUT2D eigenvalue weighted by atomic mass is 9.41. The van der Waals surface area contributed by atoms with Crippen molar-refractivity contribution in [2.75, 3.05) is 19.8 Å². The molecule has 11 N–H and O–H groups in total. The van der Waals surface area contributed by atoms with Gasteiger partial charge in [0.25, 0.3) is 0 Å². The van der Waals surface area contributed by atoms with Gasteiger partial charge in [-0.1, -0.05) is 19.9 Å². The van der Waals surface area contributed by atoms with Crippen LogP contribution in [0, 0.1) is 28.1 Å². The first-order chi connectivity index (χ1) is 26.4. The Balaban J connectivity index is 1.10. The molecule has 21 atom stereocenters. The zero-order valence-electron chi connectivity index (χ0n) is 31.8. The van der Waals surface area contributed by atoms with E-state index in [9.17, 15) is 61.0 Å². The second-order valence-corrected chi connectivity index (χ2v) is 18.0. The average Bonchev–Trinajstić information content (AvgIpc) is 3.37. The van der Waals surface area contributed by atoms with E-state index in [0.717, 1.165) is 18.4 Å². The number of hydrogen-bond acceptors (Lipinski definition) is 18. The van der Waals surface area contributed by atoms with Gasteiger partial charge in [-0.05, 0) is 86.5 Å². The third-order valence-electron chi connectivity index (χ3n) is 15.0. The summed E-state index contributed by atoms with van der Waals surface area (Å²) in [5.41, 5.74) is -1.80. The quantitative estimate of drug-likeness (QED) is 0.0631. The molecule has 4 saturated carbocycles. The lowest BCUT2D eigenvalue weighted by Crippen LogP contribution is -2.65. The summed E-state index contributed by atoms with van der Waals surface area (Å²) >= 11 is 0. The molecule has 320 valence electrons. The molecule has 1 spiro atoms. The summed E-state index contributed by atoms with van der Waals surface area (Å²) in [6.07, 6.45) is -17.8. The highest BCUT2D eigenvalue weighted by Gasteiger charge is 2.69. The molecular weight excluding hydrogens is 744 g/mol. The van der Waals surface area contributed by atoms with Gasteiger partial charge in [-0.3, -0.25) is 4.79 Å². The number of rotatable bonds is 9. The summed E-state index contributed by atoms with van der Waals surface area (Å²) in [7, 11) is 0. The van der Waals surface area contributed by atoms with Crippen LogP contribution in [0.4, 0.5) is 0 Å². The van der Waals surface area contributed by atoms with Gasteiger partial charge in [-0.15, -0.1) is 0 Å². The van der Waals surface area contributed by atoms with E-state index in [0.29, 0.717) is 44.9 Å². The second kappa shape index (κ2) is 15.6. The van der Waals surface area contributed by atoms with Crippen molar-refractivity contribution >= 4 is 5.97 Å². The standard InChI is InChI=1S/C38H60O18/c1-16-11-37-9-5-20-35(2,7-4-8-36(20,3)34(50)55-32-29(49)26(46)23(43)18(13-40)52-32)21(37)6-10-38(16,15-37)56-33-30(27(47)24(44)19(14-41)53-33)54-31-28(48)25(45)22(42)17(12-39)51-31/h17-33,39-49H,1,4-15H2,2-3H3/t17?,18?,19?,20-,21-,22+,23+,24+,25?,26?,27?,28-,29-,30-,31-,32-,33-,35+,36+,37+,38+/m0/s1. The molecule has 56 heavy (non-hydrogen) atoms. The molecule has 6 unspecified atom stereocenters. The van der Waals surface area contributed by atoms with Crippen LogP contribution in [0.25, 0.3) is 0 Å². The van der Waals surface area contributed by atoms with Crippen LogP contribution < -0.4 is 0 Å². The SMILES string of the molecule is C=C1C[C@@]23CC[C@H]4[C@@](C)(CCC[C@@]4(C)C(=O)O[C@@H]4OC(CO)[C@@H](O)C(O)[C@@H]4O)[C@@H]2CC[C@@]1(O[C@@H]1OC(CO)[C@@H](O)C(O)[C@@H]1O[C@@H]1OC(CO)[C@@H](O)C(O)[C@@H]1O)C3. The number of carbonyl (C=O) groups is 1. The number of hydrogen-bond donors (Lipinski definition) is 11. The smallest absolute Gasteiger partial charge is 0.314 e. The third kappa shape index (κ3) is 6.69. The maximum atomic E-state index is 14.1. The van der Waals surface area contributed by atoms with Crippen molar-refractivity contribution in [3.05, 3.63) is 12.2 Å². The summed E-state index contributed by atoms with van der Waals surface area (Å²) in [5, 5.41) is 114. The highest BCUT2D eigenvalue weighted by molar-refractivity contribution is 5.77. The van der Waals surface area contributed by atoms with E-state index in [1.54, 1.807) is 0 Å². The first kappa shape index (κ1) is 42.7. The molecule has 7 fully saturated rings. The van der Waals surface area contributed by atoms with Crippen molar-refractivity contribution in [1.82, 2.24) is 0 Å². The molecule has 7 aliphatic rings. The maximum absolute atomic E-state index is 14.1. The van der Waals surface area contributed by atoms with Gasteiger partial charge in [0, 0.05) is 0 Å². The van der Waals surface area contributed by atoms with Gasteiger partial charge < -0.3 is 84.6 Å². The van der Waals surface area contributed by atoms with E-state index in [-0.39, 0.29) is 22.7 Å². The van der Waals surface area contributed by atoms with Gasteiger partial charge in [-0.25, -0.2) is 0 Å². The van der Waals surface area contributed by atoms with Crippen molar-refractivity contribution in [1.29, 1.82) is 0 Å². The third-order valence-corrected chi connectivity index (χ3v) is 15.0. The normalized spacial score (nSPS) is 54.6. The fraction of sp³-hybridized carbons (Fsp3) is 0.921. The molecule has 3 aliphatic heterocycles. The van der Waals surface area contributed by atoms with E-state index in [2.05, 4.69) is 13.5 Å². The molecule has 2 bridgehead atoms. The highest BCUT2D eigenvalue weighted by atomic mass is 16.8. The van der Waals surface area contributed by atoms with Gasteiger partial charge in [0.15, 0.2) is 12.6 Å². The van der Waals surface area contributed by atoms with E-state index >= 15 is 0 Å². The lowest BCUT2D eigenvalue weighted by molar-refractivity contribution is -0.378.